The molecule has 6 nitrogen and oxygen atoms in total. The van der Waals surface area contributed by atoms with Gasteiger partial charge in [0.25, 0.3) is 6.43 Å². The number of aromatic nitrogens is 4. The summed E-state index contributed by atoms with van der Waals surface area (Å²) in [5, 5.41) is 11.1. The maximum atomic E-state index is 14.0. The van der Waals surface area contributed by atoms with E-state index in [9.17, 15) is 18.0 Å². The van der Waals surface area contributed by atoms with E-state index in [0.29, 0.717) is 10.2 Å². The first-order valence-electron chi connectivity index (χ1n) is 9.24. The maximum Gasteiger partial charge on any atom is 0.283 e. The van der Waals surface area contributed by atoms with Gasteiger partial charge >= 0.3 is 0 Å². The zero-order valence-electron chi connectivity index (χ0n) is 15.8. The Morgan fingerprint density at radius 2 is 2.03 bits per heavy atom. The topological polar surface area (TPSA) is 64.7 Å². The zero-order chi connectivity index (χ0) is 22.3. The number of nitrogens with one attached hydrogen (secondary N) is 1. The third kappa shape index (κ3) is 4.83. The summed E-state index contributed by atoms with van der Waals surface area (Å²) in [6.45, 7) is -0.175. The van der Waals surface area contributed by atoms with Crippen molar-refractivity contribution in [1.29, 1.82) is 0 Å². The molecule has 164 valence electrons. The summed E-state index contributed by atoms with van der Waals surface area (Å²) in [6.07, 6.45) is 0.561. The van der Waals surface area contributed by atoms with Crippen LogP contribution in [-0.2, 0) is 17.9 Å². The summed E-state index contributed by atoms with van der Waals surface area (Å²) in [7, 11) is 0. The van der Waals surface area contributed by atoms with E-state index in [2.05, 4.69) is 47.4 Å². The van der Waals surface area contributed by atoms with Gasteiger partial charge in [0.1, 0.15) is 18.1 Å². The van der Waals surface area contributed by atoms with Gasteiger partial charge in [-0.1, -0.05) is 17.7 Å². The average molecular weight is 582 g/mol. The van der Waals surface area contributed by atoms with Crippen LogP contribution < -0.4 is 5.32 Å². The lowest BCUT2D eigenvalue weighted by Gasteiger charge is -2.08. The number of rotatable bonds is 7. The molecule has 1 N–H and O–H groups in total. The van der Waals surface area contributed by atoms with E-state index in [1.165, 1.54) is 21.5 Å². The number of benzene rings is 1. The van der Waals surface area contributed by atoms with Gasteiger partial charge in [-0.15, -0.1) is 0 Å². The number of carbonyl (C=O) groups is 1. The quantitative estimate of drug-likeness (QED) is 0.378. The van der Waals surface area contributed by atoms with Crippen molar-refractivity contribution < 1.29 is 18.0 Å². The molecule has 1 aromatic carbocycles. The predicted octanol–water partition coefficient (Wildman–Crippen LogP) is 5.90. The molecule has 0 radical (unpaired) electrons. The van der Waals surface area contributed by atoms with Gasteiger partial charge in [-0.05, 0) is 56.8 Å². The van der Waals surface area contributed by atoms with Gasteiger partial charge in [0.05, 0.1) is 21.2 Å². The number of carbonyl (C=O) groups excluding carboxylic acids is 1. The number of alkyl halides is 2. The molecule has 0 bridgehead atoms. The second kappa shape index (κ2) is 8.95. The molecule has 0 spiro atoms. The minimum Gasteiger partial charge on any atom is -0.307 e. The van der Waals surface area contributed by atoms with Crippen molar-refractivity contribution >= 4 is 55.2 Å². The minimum absolute atomic E-state index is 0.0651. The molecule has 1 saturated carbocycles. The van der Waals surface area contributed by atoms with Crippen LogP contribution in [-0.4, -0.2) is 25.5 Å². The molecule has 31 heavy (non-hydrogen) atoms. The van der Waals surface area contributed by atoms with Crippen LogP contribution in [0.4, 0.5) is 19.0 Å². The largest absolute Gasteiger partial charge is 0.307 e. The molecule has 2 heterocycles. The fourth-order valence-electron chi connectivity index (χ4n) is 3.19. The number of hydrogen-bond donors (Lipinski definition) is 1. The van der Waals surface area contributed by atoms with Gasteiger partial charge in [-0.25, -0.2) is 13.2 Å². The van der Waals surface area contributed by atoms with Crippen LogP contribution in [0, 0.1) is 5.82 Å². The molecule has 0 saturated heterocycles. The van der Waals surface area contributed by atoms with Crippen molar-refractivity contribution in [2.45, 2.75) is 38.3 Å². The molecule has 12 heteroatoms. The van der Waals surface area contributed by atoms with Crippen LogP contribution in [0.25, 0.3) is 0 Å². The highest BCUT2D eigenvalue weighted by Gasteiger charge is 2.34. The highest BCUT2D eigenvalue weighted by atomic mass is 79.9. The number of anilines is 1. The number of nitrogens with zero attached hydrogens (tertiary/aromatic N) is 4. The van der Waals surface area contributed by atoms with Crippen molar-refractivity contribution in [1.82, 2.24) is 19.6 Å². The lowest BCUT2D eigenvalue weighted by molar-refractivity contribution is -0.117. The fraction of sp³-hybridized carbons (Fsp3) is 0.316. The van der Waals surface area contributed by atoms with Crippen molar-refractivity contribution in [3.05, 3.63) is 61.1 Å². The SMILES string of the molecule is O=C(Cn1nc(C(F)F)c(Br)c1C1CC1)Nc1nn(Cc2c(F)cccc2Cl)cc1Br. The van der Waals surface area contributed by atoms with Crippen LogP contribution in [0.5, 0.6) is 0 Å². The molecule has 1 aliphatic carbocycles. The first-order chi connectivity index (χ1) is 14.7. The van der Waals surface area contributed by atoms with Crippen molar-refractivity contribution in [3.63, 3.8) is 0 Å². The predicted molar refractivity (Wildman–Crippen MR) is 116 cm³/mol. The third-order valence-electron chi connectivity index (χ3n) is 4.78. The Balaban J connectivity index is 1.49. The van der Waals surface area contributed by atoms with Gasteiger partial charge in [-0.3, -0.25) is 14.2 Å². The molecule has 1 aliphatic rings. The maximum absolute atomic E-state index is 14.0. The monoisotopic (exact) mass is 579 g/mol. The highest BCUT2D eigenvalue weighted by Crippen LogP contribution is 2.45. The van der Waals surface area contributed by atoms with Crippen LogP contribution in [0.2, 0.25) is 5.02 Å². The Kier molecular flexibility index (Phi) is 6.45. The Labute approximate surface area is 197 Å². The van der Waals surface area contributed by atoms with Gasteiger partial charge in [0, 0.05) is 22.7 Å². The van der Waals surface area contributed by atoms with Gasteiger partial charge in [0.2, 0.25) is 5.91 Å². The van der Waals surface area contributed by atoms with Crippen molar-refractivity contribution in [3.8, 4) is 0 Å². The van der Waals surface area contributed by atoms with E-state index in [1.807, 2.05) is 0 Å². The molecule has 1 fully saturated rings. The van der Waals surface area contributed by atoms with Gasteiger partial charge in [0.15, 0.2) is 5.82 Å². The van der Waals surface area contributed by atoms with E-state index >= 15 is 0 Å². The summed E-state index contributed by atoms with van der Waals surface area (Å²) in [5.74, 6) is -0.617. The van der Waals surface area contributed by atoms with E-state index in [0.717, 1.165) is 12.8 Å². The molecular formula is C19H15Br2ClF3N5O. The first-order valence-corrected chi connectivity index (χ1v) is 11.2. The fourth-order valence-corrected chi connectivity index (χ4v) is 4.61. The average Bonchev–Trinajstić information content (AvgIpc) is 3.39. The van der Waals surface area contributed by atoms with Crippen LogP contribution in [0.3, 0.4) is 0 Å². The molecular weight excluding hydrogens is 566 g/mol. The number of halogens is 6. The Morgan fingerprint density at radius 1 is 1.29 bits per heavy atom. The molecule has 0 unspecified atom stereocenters. The standard InChI is InChI=1S/C19H15Br2ClF3N5O/c20-11-7-29(6-10-12(22)2-1-3-13(10)23)28-19(11)26-14(31)8-30-17(9-4-5-9)15(21)16(27-30)18(24)25/h1-3,7,9,18H,4-6,8H2,(H,26,28,31). The minimum atomic E-state index is -2.74. The van der Waals surface area contributed by atoms with Crippen LogP contribution in [0.1, 0.15) is 42.1 Å². The smallest absolute Gasteiger partial charge is 0.283 e. The molecule has 3 aromatic rings. The van der Waals surface area contributed by atoms with Crippen LogP contribution >= 0.6 is 43.5 Å². The molecule has 4 rings (SSSR count). The second-order valence-corrected chi connectivity index (χ2v) is 9.14. The molecule has 1 amide bonds. The molecule has 0 atom stereocenters. The van der Waals surface area contributed by atoms with Crippen molar-refractivity contribution in [2.75, 3.05) is 5.32 Å². The lowest BCUT2D eigenvalue weighted by atomic mass is 10.2. The second-order valence-electron chi connectivity index (χ2n) is 7.09. The van der Waals surface area contributed by atoms with E-state index < -0.39 is 18.1 Å². The Morgan fingerprint density at radius 3 is 2.68 bits per heavy atom. The normalized spacial score (nSPS) is 13.8. The highest BCUT2D eigenvalue weighted by molar-refractivity contribution is 9.11. The van der Waals surface area contributed by atoms with E-state index in [1.54, 1.807) is 12.3 Å². The summed E-state index contributed by atoms with van der Waals surface area (Å²) in [4.78, 5) is 12.6. The van der Waals surface area contributed by atoms with E-state index in [4.69, 9.17) is 11.6 Å². The molecule has 0 aliphatic heterocycles. The van der Waals surface area contributed by atoms with E-state index in [-0.39, 0.29) is 45.6 Å². The Hall–Kier alpha value is -1.85. The van der Waals surface area contributed by atoms with Gasteiger partial charge in [-0.2, -0.15) is 10.2 Å². The van der Waals surface area contributed by atoms with Gasteiger partial charge < -0.3 is 5.32 Å². The van der Waals surface area contributed by atoms with Crippen molar-refractivity contribution in [2.24, 2.45) is 0 Å². The summed E-state index contributed by atoms with van der Waals surface area (Å²) in [5.41, 5.74) is 0.498. The number of amides is 1. The molecule has 2 aromatic heterocycles. The Bertz CT molecular complexity index is 1130. The lowest BCUT2D eigenvalue weighted by Crippen LogP contribution is -2.21. The van der Waals surface area contributed by atoms with Crippen LogP contribution in [0.15, 0.2) is 33.3 Å². The number of hydrogen-bond acceptors (Lipinski definition) is 3. The first kappa shape index (κ1) is 22.3. The summed E-state index contributed by atoms with van der Waals surface area (Å²) in [6, 6.07) is 4.39. The summed E-state index contributed by atoms with van der Waals surface area (Å²) >= 11 is 12.6. The summed E-state index contributed by atoms with van der Waals surface area (Å²) < 4.78 is 43.9. The zero-order valence-corrected chi connectivity index (χ0v) is 19.7. The third-order valence-corrected chi connectivity index (χ3v) is 6.52.